The molecule has 0 spiro atoms. The van der Waals surface area contributed by atoms with Gasteiger partial charge in [-0.3, -0.25) is 0 Å². The Morgan fingerprint density at radius 3 is 2.52 bits per heavy atom. The van der Waals surface area contributed by atoms with Crippen molar-refractivity contribution in [2.75, 3.05) is 11.9 Å². The fourth-order valence-corrected chi connectivity index (χ4v) is 2.78. The first-order chi connectivity index (χ1) is 10.00. The van der Waals surface area contributed by atoms with Crippen LogP contribution in [0.4, 0.5) is 10.5 Å². The molecule has 6 heteroatoms. The highest BCUT2D eigenvalue weighted by atomic mass is 16.4. The maximum Gasteiger partial charge on any atom is 0.335 e. The Kier molecular flexibility index (Phi) is 3.23. The van der Waals surface area contributed by atoms with Crippen LogP contribution in [0.25, 0.3) is 0 Å². The van der Waals surface area contributed by atoms with Crippen molar-refractivity contribution in [3.05, 3.63) is 23.8 Å². The van der Waals surface area contributed by atoms with Gasteiger partial charge in [-0.15, -0.1) is 0 Å². The summed E-state index contributed by atoms with van der Waals surface area (Å²) in [6, 6.07) is 3.46. The Balaban J connectivity index is 1.56. The number of aromatic hydroxyl groups is 1. The highest BCUT2D eigenvalue weighted by Crippen LogP contribution is 2.60. The van der Waals surface area contributed by atoms with Crippen molar-refractivity contribution >= 4 is 17.7 Å². The maximum atomic E-state index is 11.9. The van der Waals surface area contributed by atoms with Gasteiger partial charge in [-0.1, -0.05) is 0 Å². The van der Waals surface area contributed by atoms with E-state index in [-0.39, 0.29) is 23.0 Å². The molecule has 21 heavy (non-hydrogen) atoms. The molecule has 6 nitrogen and oxygen atoms in total. The lowest BCUT2D eigenvalue weighted by Crippen LogP contribution is -2.34. The first kappa shape index (κ1) is 13.7. The van der Waals surface area contributed by atoms with E-state index in [1.165, 1.54) is 37.8 Å². The summed E-state index contributed by atoms with van der Waals surface area (Å²) in [6.07, 6.45) is 4.88. The minimum absolute atomic E-state index is 0.0240. The molecule has 0 unspecified atom stereocenters. The summed E-state index contributed by atoms with van der Waals surface area (Å²) in [4.78, 5) is 22.6. The third-order valence-corrected chi connectivity index (χ3v) is 4.43. The van der Waals surface area contributed by atoms with Crippen LogP contribution in [0.5, 0.6) is 5.75 Å². The van der Waals surface area contributed by atoms with Crippen LogP contribution in [0.1, 0.15) is 36.0 Å². The van der Waals surface area contributed by atoms with Gasteiger partial charge in [-0.05, 0) is 55.2 Å². The zero-order valence-electron chi connectivity index (χ0n) is 11.6. The summed E-state index contributed by atoms with van der Waals surface area (Å²) >= 11 is 0. The fourth-order valence-electron chi connectivity index (χ4n) is 2.78. The number of anilines is 1. The summed E-state index contributed by atoms with van der Waals surface area (Å²) in [5.74, 6) is -0.615. The lowest BCUT2D eigenvalue weighted by molar-refractivity contribution is 0.0696. The first-order valence-corrected chi connectivity index (χ1v) is 7.11. The largest absolute Gasteiger partial charge is 0.506 e. The third kappa shape index (κ3) is 2.94. The minimum atomic E-state index is -1.12. The van der Waals surface area contributed by atoms with Gasteiger partial charge in [0.1, 0.15) is 5.75 Å². The van der Waals surface area contributed by atoms with Crippen molar-refractivity contribution < 1.29 is 19.8 Å². The molecule has 2 fully saturated rings. The normalized spacial score (nSPS) is 18.9. The van der Waals surface area contributed by atoms with Gasteiger partial charge in [0.2, 0.25) is 0 Å². The number of benzene rings is 1. The van der Waals surface area contributed by atoms with E-state index in [4.69, 9.17) is 5.11 Å². The second-order valence-electron chi connectivity index (χ2n) is 5.98. The molecule has 0 saturated heterocycles. The minimum Gasteiger partial charge on any atom is -0.506 e. The average molecular weight is 290 g/mol. The van der Waals surface area contributed by atoms with E-state index in [2.05, 4.69) is 10.6 Å². The lowest BCUT2D eigenvalue weighted by atomic mass is 10.0. The molecule has 0 aromatic heterocycles. The summed E-state index contributed by atoms with van der Waals surface area (Å²) in [6.45, 7) is 0.664. The van der Waals surface area contributed by atoms with Crippen molar-refractivity contribution in [3.8, 4) is 5.75 Å². The topological polar surface area (TPSA) is 98.7 Å². The number of carboxylic acids is 1. The molecule has 0 heterocycles. The number of nitrogens with one attached hydrogen (secondary N) is 2. The van der Waals surface area contributed by atoms with Crippen molar-refractivity contribution in [2.45, 2.75) is 25.7 Å². The maximum absolute atomic E-state index is 11.9. The fraction of sp³-hybridized carbons (Fsp3) is 0.467. The SMILES string of the molecule is O=C(NCC1(C2CC2)CC1)Nc1ccc(C(=O)O)cc1O. The lowest BCUT2D eigenvalue weighted by Gasteiger charge is -2.15. The number of phenols is 1. The second kappa shape index (κ2) is 4.95. The highest BCUT2D eigenvalue weighted by molar-refractivity contribution is 5.93. The second-order valence-corrected chi connectivity index (χ2v) is 5.98. The van der Waals surface area contributed by atoms with E-state index >= 15 is 0 Å². The van der Waals surface area contributed by atoms with Crippen LogP contribution in [0.15, 0.2) is 18.2 Å². The van der Waals surface area contributed by atoms with Crippen LogP contribution in [0.3, 0.4) is 0 Å². The van der Waals surface area contributed by atoms with Crippen molar-refractivity contribution in [1.29, 1.82) is 0 Å². The molecule has 4 N–H and O–H groups in total. The Morgan fingerprint density at radius 2 is 2.00 bits per heavy atom. The third-order valence-electron chi connectivity index (χ3n) is 4.43. The number of phenolic OH excluding ortho intramolecular Hbond substituents is 1. The van der Waals surface area contributed by atoms with Gasteiger partial charge in [0.25, 0.3) is 0 Å². The molecule has 112 valence electrons. The molecular weight excluding hydrogens is 272 g/mol. The van der Waals surface area contributed by atoms with Gasteiger partial charge < -0.3 is 20.8 Å². The molecule has 1 aromatic rings. The standard InChI is InChI=1S/C15H18N2O4/c18-12-7-9(13(19)20)1-4-11(12)17-14(21)16-8-15(5-6-15)10-2-3-10/h1,4,7,10,18H,2-3,5-6,8H2,(H,19,20)(H2,16,17,21). The number of carboxylic acid groups (broad SMARTS) is 1. The predicted molar refractivity (Wildman–Crippen MR) is 76.5 cm³/mol. The van der Waals surface area contributed by atoms with Gasteiger partial charge in [0.05, 0.1) is 11.3 Å². The monoisotopic (exact) mass is 290 g/mol. The summed E-state index contributed by atoms with van der Waals surface area (Å²) < 4.78 is 0. The van der Waals surface area contributed by atoms with Crippen LogP contribution < -0.4 is 10.6 Å². The number of aromatic carboxylic acids is 1. The predicted octanol–water partition coefficient (Wildman–Crippen LogP) is 2.40. The number of urea groups is 1. The average Bonchev–Trinajstić information content (AvgIpc) is 3.31. The molecule has 0 atom stereocenters. The Labute approximate surface area is 122 Å². The quantitative estimate of drug-likeness (QED) is 0.626. The van der Waals surface area contributed by atoms with Gasteiger partial charge in [-0.25, -0.2) is 9.59 Å². The molecule has 2 aliphatic carbocycles. The van der Waals surface area contributed by atoms with Crippen LogP contribution in [-0.4, -0.2) is 28.8 Å². The smallest absolute Gasteiger partial charge is 0.335 e. The van der Waals surface area contributed by atoms with Gasteiger partial charge in [0.15, 0.2) is 0 Å². The zero-order chi connectivity index (χ0) is 15.0. The molecule has 2 amide bonds. The number of amides is 2. The zero-order valence-corrected chi connectivity index (χ0v) is 11.6. The van der Waals surface area contributed by atoms with Crippen molar-refractivity contribution in [3.63, 3.8) is 0 Å². The van der Waals surface area contributed by atoms with Gasteiger partial charge in [0, 0.05) is 6.54 Å². The van der Waals surface area contributed by atoms with E-state index in [1.807, 2.05) is 0 Å². The van der Waals surface area contributed by atoms with Crippen LogP contribution in [0.2, 0.25) is 0 Å². The first-order valence-electron chi connectivity index (χ1n) is 7.11. The highest BCUT2D eigenvalue weighted by Gasteiger charge is 2.53. The van der Waals surface area contributed by atoms with Crippen molar-refractivity contribution in [2.24, 2.45) is 11.3 Å². The summed E-state index contributed by atoms with van der Waals surface area (Å²) in [5.41, 5.74) is 0.491. The van der Waals surface area contributed by atoms with Crippen molar-refractivity contribution in [1.82, 2.24) is 5.32 Å². The van der Waals surface area contributed by atoms with E-state index < -0.39 is 5.97 Å². The summed E-state index contributed by atoms with van der Waals surface area (Å²) in [7, 11) is 0. The Morgan fingerprint density at radius 1 is 1.29 bits per heavy atom. The molecule has 0 radical (unpaired) electrons. The van der Waals surface area contributed by atoms with Crippen LogP contribution in [0, 0.1) is 11.3 Å². The van der Waals surface area contributed by atoms with E-state index in [0.29, 0.717) is 12.0 Å². The van der Waals surface area contributed by atoms with E-state index in [9.17, 15) is 14.7 Å². The number of hydrogen-bond acceptors (Lipinski definition) is 3. The van der Waals surface area contributed by atoms with E-state index in [0.717, 1.165) is 12.0 Å². The molecule has 2 aliphatic rings. The Hall–Kier alpha value is -2.24. The molecule has 2 saturated carbocycles. The molecular formula is C15H18N2O4. The number of rotatable bonds is 5. The van der Waals surface area contributed by atoms with Gasteiger partial charge in [-0.2, -0.15) is 0 Å². The van der Waals surface area contributed by atoms with Crippen LogP contribution in [-0.2, 0) is 0 Å². The molecule has 1 aromatic carbocycles. The number of carbonyl (C=O) groups is 2. The van der Waals surface area contributed by atoms with Crippen LogP contribution >= 0.6 is 0 Å². The van der Waals surface area contributed by atoms with Gasteiger partial charge >= 0.3 is 12.0 Å². The molecule has 0 aliphatic heterocycles. The number of hydrogen-bond donors (Lipinski definition) is 4. The van der Waals surface area contributed by atoms with E-state index in [1.54, 1.807) is 0 Å². The molecule has 0 bridgehead atoms. The number of carbonyl (C=O) groups excluding carboxylic acids is 1. The molecule has 3 rings (SSSR count). The Bertz CT molecular complexity index is 591. The summed E-state index contributed by atoms with van der Waals surface area (Å²) in [5, 5.41) is 23.9.